The molecule has 2 rings (SSSR count). The molecule has 0 unspecified atom stereocenters. The maximum Gasteiger partial charge on any atom is 0.388 e. The number of nitrogens with zero attached hydrogens (tertiary/aromatic N) is 4. The van der Waals surface area contributed by atoms with Gasteiger partial charge in [-0.2, -0.15) is 8.78 Å². The van der Waals surface area contributed by atoms with Crippen molar-refractivity contribution in [2.75, 3.05) is 0 Å². The molecule has 2 aromatic rings. The molecule has 0 radical (unpaired) electrons. The monoisotopic (exact) mass is 186 g/mol. The van der Waals surface area contributed by atoms with E-state index in [1.54, 1.807) is 0 Å². The van der Waals surface area contributed by atoms with Crippen molar-refractivity contribution in [3.8, 4) is 5.88 Å². The average molecular weight is 186 g/mol. The molecule has 0 saturated heterocycles. The highest BCUT2D eigenvalue weighted by Crippen LogP contribution is 2.12. The molecular weight excluding hydrogens is 182 g/mol. The van der Waals surface area contributed by atoms with Crippen LogP contribution in [0.4, 0.5) is 8.78 Å². The highest BCUT2D eigenvalue weighted by molar-refractivity contribution is 5.35. The van der Waals surface area contributed by atoms with Crippen LogP contribution in [-0.4, -0.2) is 26.2 Å². The normalized spacial score (nSPS) is 11.0. The fraction of sp³-hybridized carbons (Fsp3) is 0.167. The molecule has 0 saturated carbocycles. The number of fused-ring (bicyclic) bond motifs is 1. The van der Waals surface area contributed by atoms with Gasteiger partial charge in [-0.1, -0.05) is 0 Å². The lowest BCUT2D eigenvalue weighted by molar-refractivity contribution is -0.0538. The lowest BCUT2D eigenvalue weighted by Gasteiger charge is -2.04. The summed E-state index contributed by atoms with van der Waals surface area (Å²) in [5, 5.41) is 7.13. The summed E-state index contributed by atoms with van der Waals surface area (Å²) in [7, 11) is 0. The third-order valence-corrected chi connectivity index (χ3v) is 1.40. The zero-order chi connectivity index (χ0) is 9.26. The average Bonchev–Trinajstić information content (AvgIpc) is 2.51. The second-order valence-corrected chi connectivity index (χ2v) is 2.18. The molecule has 2 heterocycles. The number of alkyl halides is 2. The van der Waals surface area contributed by atoms with Gasteiger partial charge in [0.05, 0.1) is 12.4 Å². The highest BCUT2D eigenvalue weighted by Gasteiger charge is 2.08. The van der Waals surface area contributed by atoms with E-state index in [1.807, 2.05) is 0 Å². The van der Waals surface area contributed by atoms with Gasteiger partial charge in [-0.15, -0.1) is 10.2 Å². The van der Waals surface area contributed by atoms with E-state index in [9.17, 15) is 8.78 Å². The highest BCUT2D eigenvalue weighted by atomic mass is 19.3. The summed E-state index contributed by atoms with van der Waals surface area (Å²) < 4.78 is 29.2. The van der Waals surface area contributed by atoms with E-state index in [2.05, 4.69) is 19.9 Å². The van der Waals surface area contributed by atoms with Gasteiger partial charge < -0.3 is 4.74 Å². The van der Waals surface area contributed by atoms with Crippen molar-refractivity contribution in [2.45, 2.75) is 6.61 Å². The number of halogens is 2. The van der Waals surface area contributed by atoms with Crippen molar-refractivity contribution in [3.63, 3.8) is 0 Å². The van der Waals surface area contributed by atoms with Gasteiger partial charge in [0.2, 0.25) is 5.88 Å². The number of hydrogen-bond donors (Lipinski definition) is 0. The first kappa shape index (κ1) is 7.84. The molecule has 0 N–H and O–H groups in total. The SMILES string of the molecule is FC(F)Oc1cncc2nncn12. The lowest BCUT2D eigenvalue weighted by atomic mass is 10.6. The molecule has 68 valence electrons. The third-order valence-electron chi connectivity index (χ3n) is 1.40. The van der Waals surface area contributed by atoms with Crippen LogP contribution in [0.5, 0.6) is 5.88 Å². The van der Waals surface area contributed by atoms with Crippen molar-refractivity contribution in [1.82, 2.24) is 19.6 Å². The first-order valence-corrected chi connectivity index (χ1v) is 3.36. The lowest BCUT2D eigenvalue weighted by Crippen LogP contribution is -2.05. The number of hydrogen-bond acceptors (Lipinski definition) is 4. The number of ether oxygens (including phenoxy) is 1. The van der Waals surface area contributed by atoms with Crippen molar-refractivity contribution in [2.24, 2.45) is 0 Å². The molecule has 0 fully saturated rings. The van der Waals surface area contributed by atoms with Gasteiger partial charge in [-0.3, -0.25) is 4.98 Å². The first-order chi connectivity index (χ1) is 6.27. The van der Waals surface area contributed by atoms with E-state index < -0.39 is 6.61 Å². The molecule has 0 bridgehead atoms. The topological polar surface area (TPSA) is 52.3 Å². The summed E-state index contributed by atoms with van der Waals surface area (Å²) in [6.45, 7) is -2.88. The van der Waals surface area contributed by atoms with E-state index >= 15 is 0 Å². The molecule has 0 aliphatic rings. The maximum absolute atomic E-state index is 11.9. The van der Waals surface area contributed by atoms with Crippen molar-refractivity contribution >= 4 is 5.65 Å². The van der Waals surface area contributed by atoms with Gasteiger partial charge in [-0.05, 0) is 0 Å². The van der Waals surface area contributed by atoms with Gasteiger partial charge in [0.25, 0.3) is 0 Å². The second kappa shape index (κ2) is 2.92. The zero-order valence-electron chi connectivity index (χ0n) is 6.26. The second-order valence-electron chi connectivity index (χ2n) is 2.18. The molecule has 0 spiro atoms. The van der Waals surface area contributed by atoms with Gasteiger partial charge >= 0.3 is 6.61 Å². The predicted octanol–water partition coefficient (Wildman–Crippen LogP) is 0.726. The Morgan fingerprint density at radius 2 is 2.23 bits per heavy atom. The van der Waals surface area contributed by atoms with Crippen LogP contribution in [-0.2, 0) is 0 Å². The Kier molecular flexibility index (Phi) is 1.76. The fourth-order valence-electron chi connectivity index (χ4n) is 0.910. The summed E-state index contributed by atoms with van der Waals surface area (Å²) in [5.74, 6) is -0.0856. The predicted molar refractivity (Wildman–Crippen MR) is 37.4 cm³/mol. The summed E-state index contributed by atoms with van der Waals surface area (Å²) in [4.78, 5) is 3.66. The van der Waals surface area contributed by atoms with Gasteiger partial charge in [0.1, 0.15) is 6.33 Å². The third kappa shape index (κ3) is 1.40. The minimum absolute atomic E-state index is 0.0856. The van der Waals surface area contributed by atoms with E-state index in [0.29, 0.717) is 5.65 Å². The van der Waals surface area contributed by atoms with Crippen LogP contribution >= 0.6 is 0 Å². The summed E-state index contributed by atoms with van der Waals surface area (Å²) in [5.41, 5.74) is 0.359. The molecule has 0 aromatic carbocycles. The quantitative estimate of drug-likeness (QED) is 0.693. The molecule has 2 aromatic heterocycles. The fourth-order valence-corrected chi connectivity index (χ4v) is 0.910. The molecule has 0 atom stereocenters. The molecule has 0 aliphatic heterocycles. The Hall–Kier alpha value is -1.79. The maximum atomic E-state index is 11.9. The molecule has 13 heavy (non-hydrogen) atoms. The van der Waals surface area contributed by atoms with E-state index in [-0.39, 0.29) is 5.88 Å². The van der Waals surface area contributed by atoms with E-state index in [0.717, 1.165) is 0 Å². The van der Waals surface area contributed by atoms with Crippen LogP contribution in [0.1, 0.15) is 0 Å². The Morgan fingerprint density at radius 1 is 1.38 bits per heavy atom. The molecule has 7 heteroatoms. The summed E-state index contributed by atoms with van der Waals surface area (Å²) in [6, 6.07) is 0. The summed E-state index contributed by atoms with van der Waals surface area (Å²) >= 11 is 0. The van der Waals surface area contributed by atoms with Crippen LogP contribution in [0.25, 0.3) is 5.65 Å². The van der Waals surface area contributed by atoms with Crippen LogP contribution < -0.4 is 4.74 Å². The number of aromatic nitrogens is 4. The van der Waals surface area contributed by atoms with Crippen molar-refractivity contribution in [3.05, 3.63) is 18.7 Å². The molecule has 0 amide bonds. The van der Waals surface area contributed by atoms with Crippen LogP contribution in [0.3, 0.4) is 0 Å². The van der Waals surface area contributed by atoms with Crippen molar-refractivity contribution < 1.29 is 13.5 Å². The van der Waals surface area contributed by atoms with Gasteiger partial charge in [-0.25, -0.2) is 4.40 Å². The standard InChI is InChI=1S/C6H4F2N4O/c7-6(8)13-5-2-9-1-4-11-10-3-12(4)5/h1-3,6H. The minimum atomic E-state index is -2.88. The Morgan fingerprint density at radius 3 is 3.00 bits per heavy atom. The first-order valence-electron chi connectivity index (χ1n) is 3.36. The van der Waals surface area contributed by atoms with Crippen LogP contribution in [0.15, 0.2) is 18.7 Å². The van der Waals surface area contributed by atoms with Gasteiger partial charge in [0.15, 0.2) is 5.65 Å². The summed E-state index contributed by atoms with van der Waals surface area (Å²) in [6.07, 6.45) is 3.84. The molecule has 0 aliphatic carbocycles. The molecular formula is C6H4F2N4O. The zero-order valence-corrected chi connectivity index (χ0v) is 6.26. The largest absolute Gasteiger partial charge is 0.417 e. The Balaban J connectivity index is 2.48. The Bertz CT molecular complexity index is 416. The van der Waals surface area contributed by atoms with E-state index in [4.69, 9.17) is 0 Å². The number of rotatable bonds is 2. The molecule has 5 nitrogen and oxygen atoms in total. The van der Waals surface area contributed by atoms with Crippen molar-refractivity contribution in [1.29, 1.82) is 0 Å². The smallest absolute Gasteiger partial charge is 0.388 e. The van der Waals surface area contributed by atoms with Crippen LogP contribution in [0.2, 0.25) is 0 Å². The van der Waals surface area contributed by atoms with Gasteiger partial charge in [0, 0.05) is 0 Å². The Labute approximate surface area is 71.0 Å². The van der Waals surface area contributed by atoms with E-state index in [1.165, 1.54) is 23.1 Å². The van der Waals surface area contributed by atoms with Crippen LogP contribution in [0, 0.1) is 0 Å². The minimum Gasteiger partial charge on any atom is -0.417 e.